The lowest BCUT2D eigenvalue weighted by Crippen LogP contribution is -2.44. The molecule has 2 heterocycles. The Bertz CT molecular complexity index is 791. The Hall–Kier alpha value is -2.57. The number of oxazole rings is 1. The molecule has 0 bridgehead atoms. The Balaban J connectivity index is 1.93. The number of nitrogens with two attached hydrogens (primary N) is 1. The van der Waals surface area contributed by atoms with Gasteiger partial charge in [0.1, 0.15) is 22.9 Å². The van der Waals surface area contributed by atoms with Gasteiger partial charge in [-0.3, -0.25) is 9.69 Å². The van der Waals surface area contributed by atoms with Crippen molar-refractivity contribution in [2.75, 3.05) is 12.3 Å². The second kappa shape index (κ2) is 5.81. The fourth-order valence-electron chi connectivity index (χ4n) is 2.69. The van der Waals surface area contributed by atoms with Gasteiger partial charge in [-0.25, -0.2) is 9.78 Å². The third-order valence-corrected chi connectivity index (χ3v) is 3.77. The molecule has 1 atom stereocenters. The number of fused-ring (bicyclic) bond motifs is 1. The van der Waals surface area contributed by atoms with Crippen molar-refractivity contribution >= 4 is 28.7 Å². The molecule has 7 nitrogen and oxygen atoms in total. The number of nitrogens with zero attached hydrogens (tertiary/aromatic N) is 2. The summed E-state index contributed by atoms with van der Waals surface area (Å²) in [6.07, 6.45) is 0.00607. The largest absolute Gasteiger partial charge is 0.444 e. The van der Waals surface area contributed by atoms with Gasteiger partial charge in [-0.15, -0.1) is 0 Å². The lowest BCUT2D eigenvalue weighted by atomic mass is 10.0. The van der Waals surface area contributed by atoms with Gasteiger partial charge in [0, 0.05) is 25.1 Å². The second-order valence-electron chi connectivity index (χ2n) is 6.96. The monoisotopic (exact) mass is 331 g/mol. The zero-order chi connectivity index (χ0) is 17.5. The summed E-state index contributed by atoms with van der Waals surface area (Å²) >= 11 is 0. The summed E-state index contributed by atoms with van der Waals surface area (Å²) in [5.41, 5.74) is 6.90. The van der Waals surface area contributed by atoms with Crippen LogP contribution in [-0.4, -0.2) is 33.9 Å². The molecule has 7 heteroatoms. The Kier molecular flexibility index (Phi) is 3.95. The number of piperidine rings is 1. The van der Waals surface area contributed by atoms with Crippen LogP contribution in [0.25, 0.3) is 11.1 Å². The lowest BCUT2D eigenvalue weighted by molar-refractivity contribution is -0.123. The summed E-state index contributed by atoms with van der Waals surface area (Å²) in [6, 6.07) is 4.58. The molecule has 24 heavy (non-hydrogen) atoms. The van der Waals surface area contributed by atoms with Crippen molar-refractivity contribution in [2.24, 2.45) is 0 Å². The minimum absolute atomic E-state index is 0.0709. The molecule has 1 aromatic heterocycles. The van der Waals surface area contributed by atoms with Crippen LogP contribution in [0.4, 0.5) is 10.5 Å². The third-order valence-electron chi connectivity index (χ3n) is 3.77. The number of Topliss-reactive ketones (excluding diaryl/α,β-unsaturated/α-hetero) is 1. The van der Waals surface area contributed by atoms with Crippen molar-refractivity contribution in [3.8, 4) is 0 Å². The molecule has 1 aromatic carbocycles. The fraction of sp³-hybridized carbons (Fsp3) is 0.471. The van der Waals surface area contributed by atoms with Crippen LogP contribution in [0.1, 0.15) is 45.5 Å². The Morgan fingerprint density at radius 1 is 1.42 bits per heavy atom. The van der Waals surface area contributed by atoms with E-state index in [1.54, 1.807) is 39.0 Å². The summed E-state index contributed by atoms with van der Waals surface area (Å²) in [7, 11) is 0. The molecule has 0 aliphatic carbocycles. The molecule has 1 unspecified atom stereocenters. The normalized spacial score (nSPS) is 18.9. The number of carbonyl (C=O) groups is 2. The lowest BCUT2D eigenvalue weighted by Gasteiger charge is -2.34. The molecule has 3 rings (SSSR count). The molecule has 2 aromatic rings. The second-order valence-corrected chi connectivity index (χ2v) is 6.96. The molecular formula is C17H21N3O4. The van der Waals surface area contributed by atoms with Gasteiger partial charge in [0.2, 0.25) is 5.89 Å². The van der Waals surface area contributed by atoms with E-state index in [1.807, 2.05) is 0 Å². The highest BCUT2D eigenvalue weighted by atomic mass is 16.6. The number of aromatic nitrogens is 1. The number of ketones is 1. The fourth-order valence-corrected chi connectivity index (χ4v) is 2.69. The predicted molar refractivity (Wildman–Crippen MR) is 88.3 cm³/mol. The van der Waals surface area contributed by atoms with E-state index in [1.165, 1.54) is 4.90 Å². The first-order valence-corrected chi connectivity index (χ1v) is 7.90. The Labute approximate surface area is 139 Å². The van der Waals surface area contributed by atoms with Gasteiger partial charge in [0.15, 0.2) is 5.58 Å². The number of anilines is 1. The highest BCUT2D eigenvalue weighted by Gasteiger charge is 2.37. The molecule has 1 amide bonds. The first kappa shape index (κ1) is 16.3. The number of ether oxygens (including phenoxy) is 1. The number of benzene rings is 1. The van der Waals surface area contributed by atoms with E-state index < -0.39 is 17.7 Å². The topological polar surface area (TPSA) is 98.7 Å². The predicted octanol–water partition coefficient (Wildman–Crippen LogP) is 3.05. The highest BCUT2D eigenvalue weighted by Crippen LogP contribution is 2.32. The smallest absolute Gasteiger partial charge is 0.410 e. The number of likely N-dealkylation sites (tertiary alicyclic amines) is 1. The van der Waals surface area contributed by atoms with Crippen molar-refractivity contribution < 1.29 is 18.7 Å². The van der Waals surface area contributed by atoms with Gasteiger partial charge in [-0.1, -0.05) is 0 Å². The average Bonchev–Trinajstić information content (AvgIpc) is 2.88. The van der Waals surface area contributed by atoms with Gasteiger partial charge in [0.25, 0.3) is 0 Å². The van der Waals surface area contributed by atoms with Gasteiger partial charge in [-0.05, 0) is 39.0 Å². The average molecular weight is 331 g/mol. The number of nitrogen functional groups attached to an aromatic ring is 1. The first-order chi connectivity index (χ1) is 11.2. The van der Waals surface area contributed by atoms with E-state index in [4.69, 9.17) is 14.9 Å². The zero-order valence-electron chi connectivity index (χ0n) is 14.0. The molecular weight excluding hydrogens is 310 g/mol. The van der Waals surface area contributed by atoms with E-state index in [0.29, 0.717) is 35.6 Å². The van der Waals surface area contributed by atoms with Crippen molar-refractivity contribution in [3.63, 3.8) is 0 Å². The van der Waals surface area contributed by atoms with E-state index in [9.17, 15) is 9.59 Å². The highest BCUT2D eigenvalue weighted by molar-refractivity contribution is 5.83. The van der Waals surface area contributed by atoms with Crippen molar-refractivity contribution in [3.05, 3.63) is 24.1 Å². The number of rotatable bonds is 1. The maximum absolute atomic E-state index is 12.5. The summed E-state index contributed by atoms with van der Waals surface area (Å²) in [5.74, 6) is 0.399. The maximum atomic E-state index is 12.5. The van der Waals surface area contributed by atoms with Gasteiger partial charge in [0.05, 0.1) is 0 Å². The van der Waals surface area contributed by atoms with Crippen LogP contribution in [0.3, 0.4) is 0 Å². The van der Waals surface area contributed by atoms with E-state index in [2.05, 4.69) is 4.98 Å². The zero-order valence-corrected chi connectivity index (χ0v) is 14.0. The molecule has 0 saturated carbocycles. The molecule has 1 saturated heterocycles. The third kappa shape index (κ3) is 3.34. The maximum Gasteiger partial charge on any atom is 0.410 e. The van der Waals surface area contributed by atoms with Crippen molar-refractivity contribution in [2.45, 2.75) is 45.3 Å². The van der Waals surface area contributed by atoms with Crippen LogP contribution >= 0.6 is 0 Å². The minimum Gasteiger partial charge on any atom is -0.444 e. The quantitative estimate of drug-likeness (QED) is 0.806. The summed E-state index contributed by atoms with van der Waals surface area (Å²) in [5, 5.41) is 0. The molecule has 0 spiro atoms. The van der Waals surface area contributed by atoms with Gasteiger partial charge >= 0.3 is 6.09 Å². The molecule has 2 N–H and O–H groups in total. The molecule has 1 fully saturated rings. The van der Waals surface area contributed by atoms with Crippen LogP contribution in [-0.2, 0) is 9.53 Å². The summed E-state index contributed by atoms with van der Waals surface area (Å²) in [6.45, 7) is 5.70. The first-order valence-electron chi connectivity index (χ1n) is 7.90. The number of hydrogen-bond donors (Lipinski definition) is 1. The van der Waals surface area contributed by atoms with E-state index in [-0.39, 0.29) is 12.2 Å². The Morgan fingerprint density at radius 2 is 2.17 bits per heavy atom. The van der Waals surface area contributed by atoms with Gasteiger partial charge in [-0.2, -0.15) is 0 Å². The summed E-state index contributed by atoms with van der Waals surface area (Å²) < 4.78 is 11.2. The number of hydrogen-bond acceptors (Lipinski definition) is 6. The van der Waals surface area contributed by atoms with Gasteiger partial charge < -0.3 is 14.9 Å². The van der Waals surface area contributed by atoms with Crippen molar-refractivity contribution in [1.82, 2.24) is 9.88 Å². The van der Waals surface area contributed by atoms with E-state index >= 15 is 0 Å². The number of carbonyl (C=O) groups excluding carboxylic acids is 2. The van der Waals surface area contributed by atoms with Crippen LogP contribution in [0.15, 0.2) is 22.6 Å². The molecule has 0 radical (unpaired) electrons. The molecule has 128 valence electrons. The van der Waals surface area contributed by atoms with E-state index in [0.717, 1.165) is 0 Å². The van der Waals surface area contributed by atoms with Crippen LogP contribution < -0.4 is 5.73 Å². The van der Waals surface area contributed by atoms with Crippen LogP contribution in [0.2, 0.25) is 0 Å². The standard InChI is InChI=1S/C17H21N3O4/c1-17(2,3)24-16(22)20-7-6-11(21)9-13(20)15-19-12-8-10(18)4-5-14(12)23-15/h4-5,8,13H,6-7,9,18H2,1-3H3. The Morgan fingerprint density at radius 3 is 2.88 bits per heavy atom. The molecule has 1 aliphatic heterocycles. The number of amides is 1. The minimum atomic E-state index is -0.612. The van der Waals surface area contributed by atoms with Crippen LogP contribution in [0, 0.1) is 0 Å². The van der Waals surface area contributed by atoms with Crippen LogP contribution in [0.5, 0.6) is 0 Å². The van der Waals surface area contributed by atoms with Crippen molar-refractivity contribution in [1.29, 1.82) is 0 Å². The molecule has 1 aliphatic rings. The summed E-state index contributed by atoms with van der Waals surface area (Å²) in [4.78, 5) is 30.3. The SMILES string of the molecule is CC(C)(C)OC(=O)N1CCC(=O)CC1c1nc2cc(N)ccc2o1.